The number of hydrogen-bond donors (Lipinski definition) is 2. The van der Waals surface area contributed by atoms with E-state index in [-0.39, 0.29) is 5.91 Å². The zero-order valence-electron chi connectivity index (χ0n) is 89.2. The summed E-state index contributed by atoms with van der Waals surface area (Å²) in [5.74, 6) is 3.16. The smallest absolute Gasteiger partial charge is 0.236 e. The molecule has 0 aromatic heterocycles. The van der Waals surface area contributed by atoms with Crippen molar-refractivity contribution in [2.24, 2.45) is 17.8 Å². The first-order valence-electron chi connectivity index (χ1n) is 52.3. The predicted molar refractivity (Wildman–Crippen MR) is 551 cm³/mol. The number of piperazine rings is 3. The van der Waals surface area contributed by atoms with Crippen LogP contribution in [0.25, 0.3) is 0 Å². The van der Waals surface area contributed by atoms with Crippen molar-refractivity contribution in [3.8, 4) is 0 Å². The van der Waals surface area contributed by atoms with Crippen molar-refractivity contribution in [2.45, 2.75) is 195 Å². The molecule has 6 atom stereocenters. The maximum Gasteiger partial charge on any atom is 0.236 e. The molecule has 26 nitrogen and oxygen atoms in total. The molecule has 2 N–H and O–H groups in total. The summed E-state index contributed by atoms with van der Waals surface area (Å²) >= 11 is 0. The number of likely N-dealkylation sites (tertiary alicyclic amines) is 5. The molecule has 14 heterocycles. The number of nitrogens with one attached hydrogen (secondary N) is 2. The van der Waals surface area contributed by atoms with Gasteiger partial charge in [-0.3, -0.25) is 29.3 Å². The van der Waals surface area contributed by atoms with Crippen molar-refractivity contribution >= 4 is 5.91 Å². The van der Waals surface area contributed by atoms with Gasteiger partial charge in [-0.05, 0) is 365 Å². The Hall–Kier alpha value is -1.75. The van der Waals surface area contributed by atoms with E-state index < -0.39 is 0 Å². The van der Waals surface area contributed by atoms with Gasteiger partial charge in [0.1, 0.15) is 0 Å². The summed E-state index contributed by atoms with van der Waals surface area (Å²) in [6.45, 7) is 82.3. The number of methoxy groups -OCH3 is 1. The second-order valence-corrected chi connectivity index (χ2v) is 41.4. The van der Waals surface area contributed by atoms with Crippen molar-refractivity contribution in [1.29, 1.82) is 0 Å². The third kappa shape index (κ3) is 57.8. The minimum absolute atomic E-state index is 0.226. The fourth-order valence-electron chi connectivity index (χ4n) is 19.1. The highest BCUT2D eigenvalue weighted by molar-refractivity contribution is 5.78. The number of rotatable bonds is 14. The molecular formula is C101H218N24O2. The lowest BCUT2D eigenvalue weighted by molar-refractivity contribution is -0.133. The summed E-state index contributed by atoms with van der Waals surface area (Å²) in [6, 6.07) is 4.68. The third-order valence-corrected chi connectivity index (χ3v) is 29.2. The third-order valence-electron chi connectivity index (χ3n) is 29.2. The van der Waals surface area contributed by atoms with Crippen molar-refractivity contribution in [2.75, 3.05) is 434 Å². The Bertz CT molecular complexity index is 2480. The van der Waals surface area contributed by atoms with Crippen molar-refractivity contribution in [3.63, 3.8) is 0 Å². The highest BCUT2D eigenvalue weighted by Gasteiger charge is 2.33. The van der Waals surface area contributed by atoms with Gasteiger partial charge in [0.05, 0.1) is 13.2 Å². The number of nitrogens with zero attached hydrogens (tertiary/aromatic N) is 22. The molecule has 14 aliphatic heterocycles. The van der Waals surface area contributed by atoms with Gasteiger partial charge in [0.15, 0.2) is 0 Å². The van der Waals surface area contributed by atoms with Crippen LogP contribution >= 0.6 is 0 Å². The van der Waals surface area contributed by atoms with Crippen LogP contribution in [0.1, 0.15) is 159 Å². The largest absolute Gasteiger partial charge is 0.383 e. The van der Waals surface area contributed by atoms with Crippen LogP contribution in [0.2, 0.25) is 0 Å². The molecule has 1 saturated carbocycles. The lowest BCUT2D eigenvalue weighted by Crippen LogP contribution is -2.50. The zero-order valence-corrected chi connectivity index (χ0v) is 89.2. The predicted octanol–water partition coefficient (Wildman–Crippen LogP) is 7.38. The van der Waals surface area contributed by atoms with E-state index in [1.165, 1.54) is 358 Å². The molecule has 0 aromatic carbocycles. The zero-order chi connectivity index (χ0) is 93.9. The number of piperidine rings is 2. The molecular weight excluding hydrogens is 1580 g/mol. The van der Waals surface area contributed by atoms with Gasteiger partial charge in [0, 0.05) is 214 Å². The second-order valence-electron chi connectivity index (χ2n) is 41.4. The lowest BCUT2D eigenvalue weighted by atomic mass is 9.94. The van der Waals surface area contributed by atoms with Crippen LogP contribution in [0.3, 0.4) is 0 Å². The van der Waals surface area contributed by atoms with E-state index in [0.717, 1.165) is 93.8 Å². The van der Waals surface area contributed by atoms with Crippen LogP contribution in [0.15, 0.2) is 12.7 Å². The molecule has 1 amide bonds. The molecule has 0 aromatic rings. The summed E-state index contributed by atoms with van der Waals surface area (Å²) in [4.78, 5) is 63.6. The lowest BCUT2D eigenvalue weighted by Gasteiger charge is -2.31. The molecule has 127 heavy (non-hydrogen) atoms. The number of likely N-dealkylation sites (N-methyl/N-ethyl adjacent to an activating group) is 17. The Balaban J connectivity index is 0.000000355. The Morgan fingerprint density at radius 2 is 0.850 bits per heavy atom. The molecule has 6 unspecified atom stereocenters. The summed E-state index contributed by atoms with van der Waals surface area (Å²) in [5.41, 5.74) is 0. The van der Waals surface area contributed by atoms with E-state index in [2.05, 4.69) is 276 Å². The number of hydrogen-bond acceptors (Lipinski definition) is 25. The topological polar surface area (TPSA) is 122 Å². The Kier molecular flexibility index (Phi) is 68.3. The van der Waals surface area contributed by atoms with Crippen molar-refractivity contribution in [1.82, 2.24) is 118 Å². The van der Waals surface area contributed by atoms with Gasteiger partial charge in [0.25, 0.3) is 0 Å². The average molecular weight is 1800 g/mol. The van der Waals surface area contributed by atoms with Gasteiger partial charge in [0.2, 0.25) is 5.91 Å². The monoisotopic (exact) mass is 1800 g/mol. The van der Waals surface area contributed by atoms with Gasteiger partial charge in [-0.15, -0.1) is 6.58 Å². The Morgan fingerprint density at radius 1 is 0.402 bits per heavy atom. The van der Waals surface area contributed by atoms with E-state index in [4.69, 9.17) is 4.74 Å². The van der Waals surface area contributed by atoms with Gasteiger partial charge in [-0.2, -0.15) is 0 Å². The fourth-order valence-corrected chi connectivity index (χ4v) is 19.1. The molecule has 0 radical (unpaired) electrons. The molecule has 754 valence electrons. The maximum atomic E-state index is 10.9. The number of ether oxygens (including phenoxy) is 1. The summed E-state index contributed by atoms with van der Waals surface area (Å²) in [6.07, 6.45) is 22.7. The van der Waals surface area contributed by atoms with Gasteiger partial charge >= 0.3 is 0 Å². The Labute approximate surface area is 789 Å². The van der Waals surface area contributed by atoms with Crippen LogP contribution in [-0.2, 0) is 9.53 Å². The number of fused-ring (bicyclic) bond motifs is 1. The number of amides is 1. The molecule has 0 bridgehead atoms. The first-order valence-corrected chi connectivity index (χ1v) is 52.3. The van der Waals surface area contributed by atoms with E-state index in [0.29, 0.717) is 12.6 Å². The van der Waals surface area contributed by atoms with Crippen LogP contribution in [0.5, 0.6) is 0 Å². The van der Waals surface area contributed by atoms with E-state index in [9.17, 15) is 4.79 Å². The normalized spacial score (nSPS) is 27.6. The SMILES string of the molecule is C=CCN1CCCN(C)CC1.CC(C)N1CCCN(C)CC1.CCC1CCN(C)C1.CCN(CC)C1CCN(C)C1.CCN1CCC(C)CC1.CCN1CCCN(C)CC1.CCN1CCN(C)CC1.CN1CC2CCCNC2C1.CN1CCC(N(C)C)C1.CN1CCCN(C)CC1.CN1CCCN(C2CC2)CC1.CN1CCN(C)C(=O)C1.COCC1CN(C)CCN1. The fraction of sp³-hybridized carbons (Fsp3) is 0.970. The highest BCUT2D eigenvalue weighted by atomic mass is 16.5. The molecule has 15 rings (SSSR count). The summed E-state index contributed by atoms with van der Waals surface area (Å²) < 4.78 is 5.04. The minimum atomic E-state index is 0.226. The second kappa shape index (κ2) is 72.6. The van der Waals surface area contributed by atoms with E-state index in [1.807, 2.05) is 25.1 Å². The molecule has 1 aliphatic carbocycles. The molecule has 15 aliphatic rings. The summed E-state index contributed by atoms with van der Waals surface area (Å²) in [7, 11) is 36.2. The highest BCUT2D eigenvalue weighted by Crippen LogP contribution is 2.28. The van der Waals surface area contributed by atoms with Gasteiger partial charge < -0.3 is 98.7 Å². The van der Waals surface area contributed by atoms with Gasteiger partial charge in [-0.1, -0.05) is 61.0 Å². The van der Waals surface area contributed by atoms with Crippen LogP contribution in [0, 0.1) is 17.8 Å². The molecule has 0 spiro atoms. The summed E-state index contributed by atoms with van der Waals surface area (Å²) in [5, 5.41) is 6.95. The number of carbonyl (C=O) groups is 1. The van der Waals surface area contributed by atoms with Crippen molar-refractivity contribution in [3.05, 3.63) is 12.7 Å². The van der Waals surface area contributed by atoms with Gasteiger partial charge in [-0.25, -0.2) is 0 Å². The van der Waals surface area contributed by atoms with Crippen LogP contribution in [-0.4, -0.2) is 584 Å². The van der Waals surface area contributed by atoms with Crippen molar-refractivity contribution < 1.29 is 9.53 Å². The quantitative estimate of drug-likeness (QED) is 0.168. The van der Waals surface area contributed by atoms with E-state index >= 15 is 0 Å². The van der Waals surface area contributed by atoms with Crippen LogP contribution < -0.4 is 10.6 Å². The maximum absolute atomic E-state index is 10.9. The van der Waals surface area contributed by atoms with Crippen LogP contribution in [0.4, 0.5) is 0 Å². The minimum Gasteiger partial charge on any atom is -0.383 e. The Morgan fingerprint density at radius 3 is 1.28 bits per heavy atom. The molecule has 14 saturated heterocycles. The standard InChI is InChI=1S/C9H18N2.2C9H20N2.C9H18N2.C8H16N2.C8H18N2.C8H17N.C7H16N2O.3C7H16N2.C7H15N.C6H12N2O/c1-10-5-2-6-11(8-7-10)9-3-4-9;1-9(2)11-6-4-5-10(3)7-8-11;1-4-11(5-2)9-6-7-10(3)8-9;1-3-5-11-7-4-6-10(2)8-9-11;1-10-5-7-3-2-4-9-8(7)6-10;1-3-10-6-4-5-9(2)7-8-10;1-3-9-6-4-8(2)5-7-9;1-9-4-3-8-7(5-9)6-10-2;1-8(2)7-4-5-9(3)6-7;1-8-4-3-5-9(2)7-6-8;1-3-9-6-4-8(2)5-7-9;1-3-7-4-5-8(2)6-7;1-7-3-4-8(2)6(9)5-7/h9H,2-8H2,1H3;2*9H,4-8H2,1-3H3;3H,1,4-9H2,2H3;7-9H,2-6H2,1H3;3-8H2,1-2H3;8H,3-7H2,1-2H3;7-8H,3-6H2,1-2H3;7H,4-6H2,1-3H3;2*3-7H2,1-2H3;7H,3-6H2,1-2H3;3-5H2,1-2H3. The molecule has 26 heteroatoms. The molecule has 15 fully saturated rings. The first-order chi connectivity index (χ1) is 60.8. The average Bonchev–Trinajstić information content (AvgIpc) is 1.73. The van der Waals surface area contributed by atoms with E-state index in [1.54, 1.807) is 12.0 Å². The first kappa shape index (κ1) is 119. The number of carbonyl (C=O) groups excluding carboxylic acids is 1.